The van der Waals surface area contributed by atoms with Crippen molar-refractivity contribution in [2.24, 2.45) is 0 Å². The standard InChI is InChI=1S/C10H9P.2H2/c11-10-7-3-5-8-4-1-2-6-9(8)10;;/h1-7H,11H2;2*1H. The van der Waals surface area contributed by atoms with E-state index >= 15 is 0 Å². The zero-order valence-electron chi connectivity index (χ0n) is 6.12. The largest absolute Gasteiger partial charge is 0.105 e. The molecule has 0 aliphatic heterocycles. The minimum atomic E-state index is 0. The third-order valence-corrected chi connectivity index (χ3v) is 2.33. The van der Waals surface area contributed by atoms with Gasteiger partial charge in [-0.25, -0.2) is 0 Å². The van der Waals surface area contributed by atoms with Crippen molar-refractivity contribution in [2.45, 2.75) is 0 Å². The summed E-state index contributed by atoms with van der Waals surface area (Å²) >= 11 is 0. The van der Waals surface area contributed by atoms with E-state index in [2.05, 4.69) is 51.7 Å². The van der Waals surface area contributed by atoms with Crippen LogP contribution in [0.15, 0.2) is 42.5 Å². The average Bonchev–Trinajstić information content (AvgIpc) is 2.06. The zero-order valence-corrected chi connectivity index (χ0v) is 7.27. The summed E-state index contributed by atoms with van der Waals surface area (Å²) in [6.07, 6.45) is 0. The van der Waals surface area contributed by atoms with E-state index in [1.54, 1.807) is 0 Å². The Balaban J connectivity index is 0.000000720. The molecule has 0 nitrogen and oxygen atoms in total. The maximum absolute atomic E-state index is 2.74. The van der Waals surface area contributed by atoms with Crippen LogP contribution in [0.25, 0.3) is 10.8 Å². The predicted octanol–water partition coefficient (Wildman–Crippen LogP) is 2.83. The second kappa shape index (κ2) is 2.64. The van der Waals surface area contributed by atoms with Gasteiger partial charge in [0, 0.05) is 2.85 Å². The van der Waals surface area contributed by atoms with E-state index in [4.69, 9.17) is 0 Å². The maximum Gasteiger partial charge on any atom is 0 e. The summed E-state index contributed by atoms with van der Waals surface area (Å²) in [6, 6.07) is 14.7. The first kappa shape index (κ1) is 6.82. The SMILES string of the molecule is Pc1cccc2ccccc12.[HH].[HH]. The van der Waals surface area contributed by atoms with Crippen LogP contribution in [0, 0.1) is 0 Å². The van der Waals surface area contributed by atoms with E-state index in [-0.39, 0.29) is 2.85 Å². The van der Waals surface area contributed by atoms with Crippen molar-refractivity contribution in [3.63, 3.8) is 0 Å². The minimum absolute atomic E-state index is 0. The average molecular weight is 164 g/mol. The summed E-state index contributed by atoms with van der Waals surface area (Å²) in [5.74, 6) is 0. The van der Waals surface area contributed by atoms with Gasteiger partial charge in [-0.15, -0.1) is 9.24 Å². The molecule has 0 aliphatic carbocycles. The summed E-state index contributed by atoms with van der Waals surface area (Å²) in [5.41, 5.74) is 0. The fourth-order valence-electron chi connectivity index (χ4n) is 1.25. The van der Waals surface area contributed by atoms with E-state index < -0.39 is 0 Å². The lowest BCUT2D eigenvalue weighted by Crippen LogP contribution is -1.90. The Morgan fingerprint density at radius 1 is 0.909 bits per heavy atom. The molecule has 1 atom stereocenters. The van der Waals surface area contributed by atoms with Gasteiger partial charge in [-0.05, 0) is 16.1 Å². The first-order valence-electron chi connectivity index (χ1n) is 3.61. The second-order valence-electron chi connectivity index (χ2n) is 2.57. The molecular weight excluding hydrogens is 151 g/mol. The predicted molar refractivity (Wildman–Crippen MR) is 57.5 cm³/mol. The van der Waals surface area contributed by atoms with Crippen molar-refractivity contribution in [2.75, 3.05) is 0 Å². The van der Waals surface area contributed by atoms with Crippen molar-refractivity contribution in [3.8, 4) is 0 Å². The first-order valence-corrected chi connectivity index (χ1v) is 4.19. The number of fused-ring (bicyclic) bond motifs is 1. The highest BCUT2D eigenvalue weighted by molar-refractivity contribution is 7.28. The summed E-state index contributed by atoms with van der Waals surface area (Å²) < 4.78 is 0. The molecular formula is C10H13P. The van der Waals surface area contributed by atoms with Crippen molar-refractivity contribution in [1.29, 1.82) is 0 Å². The third kappa shape index (κ3) is 1.15. The highest BCUT2D eigenvalue weighted by atomic mass is 31.0. The molecule has 0 heterocycles. The van der Waals surface area contributed by atoms with Crippen molar-refractivity contribution in [1.82, 2.24) is 0 Å². The zero-order chi connectivity index (χ0) is 7.68. The molecule has 2 aromatic carbocycles. The molecule has 0 saturated carbocycles. The van der Waals surface area contributed by atoms with Gasteiger partial charge < -0.3 is 0 Å². The van der Waals surface area contributed by atoms with Gasteiger partial charge in [-0.2, -0.15) is 0 Å². The Bertz CT molecular complexity index is 382. The highest BCUT2D eigenvalue weighted by Crippen LogP contribution is 2.12. The van der Waals surface area contributed by atoms with Gasteiger partial charge in [0.15, 0.2) is 0 Å². The molecule has 2 rings (SSSR count). The van der Waals surface area contributed by atoms with Crippen LogP contribution in [0.3, 0.4) is 0 Å². The van der Waals surface area contributed by atoms with Gasteiger partial charge in [0.1, 0.15) is 0 Å². The Morgan fingerprint density at radius 3 is 2.45 bits per heavy atom. The van der Waals surface area contributed by atoms with Gasteiger partial charge in [-0.1, -0.05) is 42.5 Å². The lowest BCUT2D eigenvalue weighted by Gasteiger charge is -1.98. The monoisotopic (exact) mass is 164 g/mol. The Kier molecular flexibility index (Phi) is 1.63. The maximum atomic E-state index is 2.74. The lowest BCUT2D eigenvalue weighted by molar-refractivity contribution is 1.79. The van der Waals surface area contributed by atoms with Crippen LogP contribution >= 0.6 is 9.24 Å². The van der Waals surface area contributed by atoms with Gasteiger partial charge in [0.05, 0.1) is 0 Å². The summed E-state index contributed by atoms with van der Waals surface area (Å²) in [7, 11) is 2.74. The topological polar surface area (TPSA) is 0 Å². The summed E-state index contributed by atoms with van der Waals surface area (Å²) in [4.78, 5) is 0. The number of rotatable bonds is 0. The fraction of sp³-hybridized carbons (Fsp3) is 0. The molecule has 2 aromatic rings. The van der Waals surface area contributed by atoms with Crippen LogP contribution in [-0.2, 0) is 0 Å². The molecule has 0 N–H and O–H groups in total. The van der Waals surface area contributed by atoms with E-state index in [1.165, 1.54) is 16.1 Å². The van der Waals surface area contributed by atoms with Crippen LogP contribution in [0.1, 0.15) is 2.85 Å². The van der Waals surface area contributed by atoms with E-state index in [1.807, 2.05) is 0 Å². The quantitative estimate of drug-likeness (QED) is 0.525. The molecule has 0 amide bonds. The summed E-state index contributed by atoms with van der Waals surface area (Å²) in [5, 5.41) is 3.89. The smallest absolute Gasteiger partial charge is 0 e. The Hall–Kier alpha value is -0.870. The van der Waals surface area contributed by atoms with Crippen LogP contribution in [0.4, 0.5) is 0 Å². The molecule has 0 saturated heterocycles. The normalized spacial score (nSPS) is 10.3. The van der Waals surface area contributed by atoms with Gasteiger partial charge in [0.25, 0.3) is 0 Å². The molecule has 0 radical (unpaired) electrons. The van der Waals surface area contributed by atoms with E-state index in [0.29, 0.717) is 0 Å². The van der Waals surface area contributed by atoms with Crippen LogP contribution in [-0.4, -0.2) is 0 Å². The molecule has 58 valence electrons. The lowest BCUT2D eigenvalue weighted by atomic mass is 10.1. The minimum Gasteiger partial charge on any atom is -0.105 e. The molecule has 11 heavy (non-hydrogen) atoms. The molecule has 0 aliphatic rings. The highest BCUT2D eigenvalue weighted by Gasteiger charge is 1.92. The summed E-state index contributed by atoms with van der Waals surface area (Å²) in [6.45, 7) is 0. The van der Waals surface area contributed by atoms with Gasteiger partial charge >= 0.3 is 0 Å². The van der Waals surface area contributed by atoms with Crippen LogP contribution < -0.4 is 5.30 Å². The molecule has 0 bridgehead atoms. The first-order chi connectivity index (χ1) is 5.38. The Morgan fingerprint density at radius 2 is 1.64 bits per heavy atom. The van der Waals surface area contributed by atoms with Crippen LogP contribution in [0.2, 0.25) is 0 Å². The van der Waals surface area contributed by atoms with Crippen molar-refractivity contribution < 1.29 is 2.85 Å². The van der Waals surface area contributed by atoms with Crippen molar-refractivity contribution >= 4 is 25.3 Å². The van der Waals surface area contributed by atoms with Gasteiger partial charge in [-0.3, -0.25) is 0 Å². The van der Waals surface area contributed by atoms with E-state index in [0.717, 1.165) is 0 Å². The second-order valence-corrected chi connectivity index (χ2v) is 3.19. The number of hydrogen-bond acceptors (Lipinski definition) is 0. The van der Waals surface area contributed by atoms with Crippen LogP contribution in [0.5, 0.6) is 0 Å². The number of benzene rings is 2. The third-order valence-electron chi connectivity index (χ3n) is 1.82. The van der Waals surface area contributed by atoms with Gasteiger partial charge in [0.2, 0.25) is 0 Å². The number of hydrogen-bond donors (Lipinski definition) is 0. The molecule has 1 unspecified atom stereocenters. The molecule has 0 fully saturated rings. The van der Waals surface area contributed by atoms with Crippen molar-refractivity contribution in [3.05, 3.63) is 42.5 Å². The fourth-order valence-corrected chi connectivity index (χ4v) is 1.62. The molecule has 0 aromatic heterocycles. The molecule has 1 heteroatoms. The molecule has 0 spiro atoms. The van der Waals surface area contributed by atoms with E-state index in [9.17, 15) is 0 Å². The Labute approximate surface area is 71.4 Å².